The average molecular weight is 399 g/mol. The first-order chi connectivity index (χ1) is 13.9. The van der Waals surface area contributed by atoms with Crippen molar-refractivity contribution in [3.8, 4) is 11.5 Å². The van der Waals surface area contributed by atoms with Crippen LogP contribution in [0.1, 0.15) is 28.7 Å². The van der Waals surface area contributed by atoms with Crippen LogP contribution in [0.15, 0.2) is 36.4 Å². The van der Waals surface area contributed by atoms with Crippen molar-refractivity contribution in [3.05, 3.63) is 58.7 Å². The molecule has 0 aliphatic carbocycles. The van der Waals surface area contributed by atoms with E-state index in [9.17, 15) is 9.59 Å². The number of carbonyl (C=O) groups excluding carboxylic acids is 2. The molecule has 0 aliphatic heterocycles. The van der Waals surface area contributed by atoms with Gasteiger partial charge in [-0.1, -0.05) is 18.2 Å². The van der Waals surface area contributed by atoms with E-state index in [-0.39, 0.29) is 18.9 Å². The number of hydrogen-bond acceptors (Lipinski definition) is 5. The third-order valence-corrected chi connectivity index (χ3v) is 4.54. The van der Waals surface area contributed by atoms with Crippen molar-refractivity contribution < 1.29 is 23.8 Å². The third-order valence-electron chi connectivity index (χ3n) is 4.54. The van der Waals surface area contributed by atoms with E-state index in [4.69, 9.17) is 14.2 Å². The van der Waals surface area contributed by atoms with E-state index in [2.05, 4.69) is 18.3 Å². The molecule has 29 heavy (non-hydrogen) atoms. The van der Waals surface area contributed by atoms with Gasteiger partial charge in [-0.25, -0.2) is 0 Å². The Morgan fingerprint density at radius 2 is 1.76 bits per heavy atom. The number of benzene rings is 2. The lowest BCUT2D eigenvalue weighted by Gasteiger charge is -2.12. The molecule has 2 aromatic rings. The third kappa shape index (κ3) is 7.49. The minimum absolute atomic E-state index is 0.111. The molecule has 0 aromatic heterocycles. The summed E-state index contributed by atoms with van der Waals surface area (Å²) in [6.07, 6.45) is 0.776. The second kappa shape index (κ2) is 11.1. The highest BCUT2D eigenvalue weighted by Gasteiger charge is 2.09. The molecule has 0 radical (unpaired) electrons. The van der Waals surface area contributed by atoms with Gasteiger partial charge in [0.2, 0.25) is 0 Å². The first-order valence-electron chi connectivity index (χ1n) is 9.65. The van der Waals surface area contributed by atoms with Crippen LogP contribution in [0.3, 0.4) is 0 Å². The number of ether oxygens (including phenoxy) is 3. The van der Waals surface area contributed by atoms with E-state index in [1.165, 1.54) is 5.56 Å². The number of nitrogens with one attached hydrogen (secondary N) is 1. The summed E-state index contributed by atoms with van der Waals surface area (Å²) in [5, 5.41) is 2.73. The number of amides is 1. The highest BCUT2D eigenvalue weighted by molar-refractivity contribution is 5.81. The van der Waals surface area contributed by atoms with Gasteiger partial charge >= 0.3 is 5.97 Å². The van der Waals surface area contributed by atoms with Crippen LogP contribution in [0.2, 0.25) is 0 Å². The average Bonchev–Trinajstić information content (AvgIpc) is 2.70. The van der Waals surface area contributed by atoms with Crippen LogP contribution in [0.25, 0.3) is 0 Å². The molecule has 0 aliphatic rings. The number of carbonyl (C=O) groups is 2. The van der Waals surface area contributed by atoms with Gasteiger partial charge in [-0.3, -0.25) is 9.59 Å². The van der Waals surface area contributed by atoms with Gasteiger partial charge in [0, 0.05) is 6.54 Å². The standard InChI is InChI=1S/C23H29NO5/c1-16-12-17(2)18(3)21(13-16)28-11-5-10-24-22(25)15-29-23(26)14-19-6-8-20(27-4)9-7-19/h6-9,12-13H,5,10-11,14-15H2,1-4H3,(H,24,25). The minimum Gasteiger partial charge on any atom is -0.497 e. The number of methoxy groups -OCH3 is 1. The van der Waals surface area contributed by atoms with Gasteiger partial charge in [-0.2, -0.15) is 0 Å². The Hall–Kier alpha value is -3.02. The molecule has 156 valence electrons. The summed E-state index contributed by atoms with van der Waals surface area (Å²) < 4.78 is 15.9. The second-order valence-corrected chi connectivity index (χ2v) is 6.94. The largest absolute Gasteiger partial charge is 0.497 e. The molecule has 6 nitrogen and oxygen atoms in total. The van der Waals surface area contributed by atoms with Gasteiger partial charge in [0.15, 0.2) is 6.61 Å². The molecule has 6 heteroatoms. The predicted octanol–water partition coefficient (Wildman–Crippen LogP) is 3.29. The Morgan fingerprint density at radius 1 is 1.03 bits per heavy atom. The van der Waals surface area contributed by atoms with E-state index >= 15 is 0 Å². The van der Waals surface area contributed by atoms with E-state index in [1.807, 2.05) is 19.9 Å². The van der Waals surface area contributed by atoms with E-state index in [0.29, 0.717) is 19.6 Å². The predicted molar refractivity (Wildman–Crippen MR) is 111 cm³/mol. The molecule has 0 spiro atoms. The summed E-state index contributed by atoms with van der Waals surface area (Å²) in [4.78, 5) is 23.7. The van der Waals surface area contributed by atoms with Crippen molar-refractivity contribution in [1.82, 2.24) is 5.32 Å². The maximum atomic E-state index is 11.8. The van der Waals surface area contributed by atoms with Crippen molar-refractivity contribution in [1.29, 1.82) is 0 Å². The van der Waals surface area contributed by atoms with Crippen molar-refractivity contribution in [2.24, 2.45) is 0 Å². The highest BCUT2D eigenvalue weighted by atomic mass is 16.5. The van der Waals surface area contributed by atoms with Crippen molar-refractivity contribution in [3.63, 3.8) is 0 Å². The Bertz CT molecular complexity index is 830. The molecule has 0 atom stereocenters. The first kappa shape index (κ1) is 22.3. The Balaban J connectivity index is 1.61. The van der Waals surface area contributed by atoms with Crippen molar-refractivity contribution in [2.45, 2.75) is 33.6 Å². The first-order valence-corrected chi connectivity index (χ1v) is 9.65. The Labute approximate surface area is 172 Å². The van der Waals surface area contributed by atoms with Gasteiger partial charge in [0.1, 0.15) is 11.5 Å². The number of hydrogen-bond donors (Lipinski definition) is 1. The molecule has 2 aromatic carbocycles. The van der Waals surface area contributed by atoms with Gasteiger partial charge < -0.3 is 19.5 Å². The summed E-state index contributed by atoms with van der Waals surface area (Å²) in [5.74, 6) is 0.828. The zero-order chi connectivity index (χ0) is 21.2. The van der Waals surface area contributed by atoms with Crippen LogP contribution in [0, 0.1) is 20.8 Å². The molecule has 0 saturated carbocycles. The topological polar surface area (TPSA) is 73.9 Å². The van der Waals surface area contributed by atoms with Crippen LogP contribution < -0.4 is 14.8 Å². The summed E-state index contributed by atoms with van der Waals surface area (Å²) in [7, 11) is 1.58. The molecular formula is C23H29NO5. The summed E-state index contributed by atoms with van der Waals surface area (Å²) >= 11 is 0. The molecule has 0 bridgehead atoms. The fourth-order valence-corrected chi connectivity index (χ4v) is 2.79. The summed E-state index contributed by atoms with van der Waals surface area (Å²) in [5.41, 5.74) is 4.29. The SMILES string of the molecule is COc1ccc(CC(=O)OCC(=O)NCCCOc2cc(C)cc(C)c2C)cc1. The monoisotopic (exact) mass is 399 g/mol. The maximum Gasteiger partial charge on any atom is 0.310 e. The fraction of sp³-hybridized carbons (Fsp3) is 0.391. The minimum atomic E-state index is -0.445. The summed E-state index contributed by atoms with van der Waals surface area (Å²) in [6, 6.07) is 11.3. The van der Waals surface area contributed by atoms with Gasteiger partial charge in [0.05, 0.1) is 20.1 Å². The van der Waals surface area contributed by atoms with Gasteiger partial charge in [-0.15, -0.1) is 0 Å². The zero-order valence-corrected chi connectivity index (χ0v) is 17.5. The highest BCUT2D eigenvalue weighted by Crippen LogP contribution is 2.23. The quantitative estimate of drug-likeness (QED) is 0.490. The Morgan fingerprint density at radius 3 is 2.45 bits per heavy atom. The summed E-state index contributed by atoms with van der Waals surface area (Å²) in [6.45, 7) is 6.80. The molecule has 0 fully saturated rings. The van der Waals surface area contributed by atoms with Crippen molar-refractivity contribution in [2.75, 3.05) is 26.9 Å². The van der Waals surface area contributed by atoms with Gasteiger partial charge in [0.25, 0.3) is 5.91 Å². The van der Waals surface area contributed by atoms with E-state index in [0.717, 1.165) is 28.2 Å². The van der Waals surface area contributed by atoms with E-state index in [1.54, 1.807) is 31.4 Å². The maximum absolute atomic E-state index is 11.8. The lowest BCUT2D eigenvalue weighted by molar-refractivity contribution is -0.147. The van der Waals surface area contributed by atoms with Gasteiger partial charge in [-0.05, 0) is 67.6 Å². The molecule has 0 saturated heterocycles. The number of rotatable bonds is 10. The molecule has 1 amide bonds. The lowest BCUT2D eigenvalue weighted by atomic mass is 10.1. The van der Waals surface area contributed by atoms with Crippen LogP contribution in [-0.4, -0.2) is 38.7 Å². The number of aryl methyl sites for hydroxylation is 2. The van der Waals surface area contributed by atoms with Crippen LogP contribution >= 0.6 is 0 Å². The normalized spacial score (nSPS) is 10.3. The number of esters is 1. The van der Waals surface area contributed by atoms with Crippen molar-refractivity contribution >= 4 is 11.9 Å². The lowest BCUT2D eigenvalue weighted by Crippen LogP contribution is -2.30. The van der Waals surface area contributed by atoms with Crippen LogP contribution in [-0.2, 0) is 20.7 Å². The van der Waals surface area contributed by atoms with Crippen LogP contribution in [0.4, 0.5) is 0 Å². The van der Waals surface area contributed by atoms with E-state index < -0.39 is 5.97 Å². The molecule has 1 N–H and O–H groups in total. The molecule has 0 heterocycles. The smallest absolute Gasteiger partial charge is 0.310 e. The molecular weight excluding hydrogens is 370 g/mol. The Kier molecular flexibility index (Phi) is 8.52. The molecule has 2 rings (SSSR count). The second-order valence-electron chi connectivity index (χ2n) is 6.94. The fourth-order valence-electron chi connectivity index (χ4n) is 2.79. The van der Waals surface area contributed by atoms with Crippen LogP contribution in [0.5, 0.6) is 11.5 Å². The molecule has 0 unspecified atom stereocenters. The zero-order valence-electron chi connectivity index (χ0n) is 17.5.